The first kappa shape index (κ1) is 43.0. The van der Waals surface area contributed by atoms with Crippen LogP contribution in [0.3, 0.4) is 0 Å². The largest absolute Gasteiger partial charge is 0.458 e. The van der Waals surface area contributed by atoms with Crippen LogP contribution < -0.4 is 0 Å². The Labute approximate surface area is 252 Å². The van der Waals surface area contributed by atoms with Crippen molar-refractivity contribution in [2.24, 2.45) is 16.7 Å². The lowest BCUT2D eigenvalue weighted by Crippen LogP contribution is -2.70. The van der Waals surface area contributed by atoms with Crippen LogP contribution >= 0.6 is 0 Å². The number of hydrogen-bond donors (Lipinski definition) is 2. The Kier molecular flexibility index (Phi) is 13.0. The van der Waals surface area contributed by atoms with Crippen LogP contribution in [0.4, 0.5) is 52.7 Å². The van der Waals surface area contributed by atoms with Gasteiger partial charge in [0.25, 0.3) is 11.2 Å². The van der Waals surface area contributed by atoms with Crippen molar-refractivity contribution in [2.75, 3.05) is 0 Å². The van der Waals surface area contributed by atoms with E-state index < -0.39 is 76.3 Å². The maximum absolute atomic E-state index is 13.2. The van der Waals surface area contributed by atoms with Gasteiger partial charge in [0.1, 0.15) is 0 Å². The fourth-order valence-corrected chi connectivity index (χ4v) is 4.12. The standard InChI is InChI=1S/C15H22F6O3.C12H18F6O3/c1-4-12(2,3)11(22)24-10(9-7-5-6-8-9)13(23,14(16,17)18)15(19,20)21;1-6-8(2,3)7(19)21-9(4,5)10(20,11(13,14)15)12(16,17)18/h9-10,23H,4-8H2,1-3H3;20H,6H2,1-5H3. The Balaban J connectivity index is 0.000000870. The lowest BCUT2D eigenvalue weighted by Gasteiger charge is -2.44. The minimum atomic E-state index is -6.06. The van der Waals surface area contributed by atoms with Gasteiger partial charge in [0, 0.05) is 0 Å². The molecule has 268 valence electrons. The molecule has 2 N–H and O–H groups in total. The molecule has 0 saturated heterocycles. The van der Waals surface area contributed by atoms with Gasteiger partial charge in [-0.15, -0.1) is 0 Å². The van der Waals surface area contributed by atoms with E-state index in [1.165, 1.54) is 34.6 Å². The number of hydrogen-bond acceptors (Lipinski definition) is 6. The van der Waals surface area contributed by atoms with Crippen LogP contribution in [0.5, 0.6) is 0 Å². The summed E-state index contributed by atoms with van der Waals surface area (Å²) in [7, 11) is 0. The SMILES string of the molecule is CCC(C)(C)C(=O)OC(C)(C)C(O)(C(F)(F)F)C(F)(F)F.CCC(C)(C)C(=O)OC(C1CCCC1)C(O)(C(F)(F)F)C(F)(F)F. The molecular formula is C27H40F12O6. The van der Waals surface area contributed by atoms with E-state index in [4.69, 9.17) is 0 Å². The van der Waals surface area contributed by atoms with Gasteiger partial charge in [-0.05, 0) is 73.1 Å². The van der Waals surface area contributed by atoms with Crippen LogP contribution in [0.25, 0.3) is 0 Å². The summed E-state index contributed by atoms with van der Waals surface area (Å²) in [5, 5.41) is 18.9. The second kappa shape index (κ2) is 13.6. The Morgan fingerprint density at radius 1 is 0.644 bits per heavy atom. The predicted octanol–water partition coefficient (Wildman–Crippen LogP) is 7.98. The molecule has 6 nitrogen and oxygen atoms in total. The van der Waals surface area contributed by atoms with Crippen molar-refractivity contribution >= 4 is 11.9 Å². The molecule has 0 bridgehead atoms. The maximum atomic E-state index is 13.2. The minimum Gasteiger partial charge on any atom is -0.458 e. The number of alkyl halides is 12. The quantitative estimate of drug-likeness (QED) is 0.189. The fourth-order valence-electron chi connectivity index (χ4n) is 4.12. The number of ether oxygens (including phenoxy) is 2. The van der Waals surface area contributed by atoms with Gasteiger partial charge in [0.2, 0.25) is 0 Å². The van der Waals surface area contributed by atoms with E-state index in [0.29, 0.717) is 26.7 Å². The van der Waals surface area contributed by atoms with Gasteiger partial charge in [-0.3, -0.25) is 9.59 Å². The number of carbonyl (C=O) groups is 2. The van der Waals surface area contributed by atoms with Crippen molar-refractivity contribution in [3.05, 3.63) is 0 Å². The van der Waals surface area contributed by atoms with E-state index in [0.717, 1.165) is 0 Å². The zero-order valence-electron chi connectivity index (χ0n) is 26.0. The number of halogens is 12. The summed E-state index contributed by atoms with van der Waals surface area (Å²) in [4.78, 5) is 23.8. The Morgan fingerprint density at radius 2 is 0.978 bits per heavy atom. The molecule has 0 aromatic carbocycles. The Bertz CT molecular complexity index is 976. The van der Waals surface area contributed by atoms with E-state index in [2.05, 4.69) is 9.47 Å². The van der Waals surface area contributed by atoms with Crippen molar-refractivity contribution < 1.29 is 82.0 Å². The van der Waals surface area contributed by atoms with E-state index in [1.54, 1.807) is 6.92 Å². The summed E-state index contributed by atoms with van der Waals surface area (Å²) in [6, 6.07) is 0. The van der Waals surface area contributed by atoms with Crippen molar-refractivity contribution in [3.8, 4) is 0 Å². The smallest absolute Gasteiger partial charge is 0.430 e. The third-order valence-electron chi connectivity index (χ3n) is 8.25. The molecule has 1 rings (SSSR count). The minimum absolute atomic E-state index is 0.0268. The monoisotopic (exact) mass is 688 g/mol. The average molecular weight is 689 g/mol. The number of aliphatic hydroxyl groups is 2. The van der Waals surface area contributed by atoms with Crippen LogP contribution in [0.1, 0.15) is 93.9 Å². The van der Waals surface area contributed by atoms with Gasteiger partial charge < -0.3 is 19.7 Å². The molecule has 1 aliphatic carbocycles. The summed E-state index contributed by atoms with van der Waals surface area (Å²) in [6.07, 6.45) is -25.7. The van der Waals surface area contributed by atoms with Crippen LogP contribution in [0.15, 0.2) is 0 Å². The first-order valence-electron chi connectivity index (χ1n) is 13.8. The summed E-state index contributed by atoms with van der Waals surface area (Å²) in [5.74, 6) is -3.65. The van der Waals surface area contributed by atoms with E-state index in [9.17, 15) is 72.5 Å². The number of carbonyl (C=O) groups excluding carboxylic acids is 2. The van der Waals surface area contributed by atoms with Crippen molar-refractivity contribution in [2.45, 2.75) is 142 Å². The highest BCUT2D eigenvalue weighted by Gasteiger charge is 2.79. The van der Waals surface area contributed by atoms with Crippen LogP contribution in [0, 0.1) is 16.7 Å². The van der Waals surface area contributed by atoms with E-state index >= 15 is 0 Å². The highest BCUT2D eigenvalue weighted by molar-refractivity contribution is 5.76. The molecule has 0 aromatic rings. The molecule has 1 unspecified atom stereocenters. The van der Waals surface area contributed by atoms with Gasteiger partial charge >= 0.3 is 36.6 Å². The third-order valence-corrected chi connectivity index (χ3v) is 8.25. The molecule has 45 heavy (non-hydrogen) atoms. The molecular weight excluding hydrogens is 648 g/mol. The van der Waals surface area contributed by atoms with E-state index in [-0.39, 0.29) is 25.7 Å². The topological polar surface area (TPSA) is 93.1 Å². The average Bonchev–Trinajstić information content (AvgIpc) is 3.37. The molecule has 0 aliphatic heterocycles. The first-order chi connectivity index (χ1) is 19.6. The molecule has 18 heteroatoms. The molecule has 0 aromatic heterocycles. The molecule has 1 aliphatic rings. The molecule has 1 fully saturated rings. The number of esters is 2. The fraction of sp³-hybridized carbons (Fsp3) is 0.926. The second-order valence-corrected chi connectivity index (χ2v) is 12.7. The van der Waals surface area contributed by atoms with Crippen molar-refractivity contribution in [3.63, 3.8) is 0 Å². The van der Waals surface area contributed by atoms with Crippen LogP contribution in [0.2, 0.25) is 0 Å². The summed E-state index contributed by atoms with van der Waals surface area (Å²) in [5.41, 5.74) is -16.0. The van der Waals surface area contributed by atoms with E-state index in [1.807, 2.05) is 0 Å². The third kappa shape index (κ3) is 8.89. The molecule has 0 amide bonds. The molecule has 0 radical (unpaired) electrons. The lowest BCUT2D eigenvalue weighted by atomic mass is 9.83. The van der Waals surface area contributed by atoms with Gasteiger partial charge in [0.15, 0.2) is 11.7 Å². The molecule has 1 saturated carbocycles. The molecule has 1 atom stereocenters. The Hall–Kier alpha value is -1.98. The van der Waals surface area contributed by atoms with Crippen LogP contribution in [-0.2, 0) is 19.1 Å². The number of rotatable bonds is 9. The van der Waals surface area contributed by atoms with Gasteiger partial charge in [-0.2, -0.15) is 52.7 Å². The molecule has 0 spiro atoms. The maximum Gasteiger partial charge on any atom is 0.430 e. The van der Waals surface area contributed by atoms with Gasteiger partial charge in [0.05, 0.1) is 10.8 Å². The summed E-state index contributed by atoms with van der Waals surface area (Å²) < 4.78 is 165. The summed E-state index contributed by atoms with van der Waals surface area (Å²) >= 11 is 0. The zero-order chi connectivity index (χ0) is 36.5. The highest BCUT2D eigenvalue weighted by atomic mass is 19.4. The molecule has 0 heterocycles. The van der Waals surface area contributed by atoms with Crippen molar-refractivity contribution in [1.82, 2.24) is 0 Å². The van der Waals surface area contributed by atoms with Gasteiger partial charge in [-0.25, -0.2) is 0 Å². The van der Waals surface area contributed by atoms with Crippen molar-refractivity contribution in [1.29, 1.82) is 0 Å². The second-order valence-electron chi connectivity index (χ2n) is 12.7. The zero-order valence-corrected chi connectivity index (χ0v) is 26.0. The van der Waals surface area contributed by atoms with Gasteiger partial charge in [-0.1, -0.05) is 26.7 Å². The van der Waals surface area contributed by atoms with Crippen LogP contribution in [-0.4, -0.2) is 69.8 Å². The predicted molar refractivity (Wildman–Crippen MR) is 134 cm³/mol. The first-order valence-corrected chi connectivity index (χ1v) is 13.8. The Morgan fingerprint density at radius 3 is 1.27 bits per heavy atom. The lowest BCUT2D eigenvalue weighted by molar-refractivity contribution is -0.408. The normalized spacial score (nSPS) is 17.4. The highest BCUT2D eigenvalue weighted by Crippen LogP contribution is 2.52. The summed E-state index contributed by atoms with van der Waals surface area (Å²) in [6.45, 7) is 9.18.